The van der Waals surface area contributed by atoms with Gasteiger partial charge in [0, 0.05) is 13.0 Å². The number of aryl methyl sites for hydroxylation is 2. The third kappa shape index (κ3) is 4.07. The average molecular weight is 213 g/mol. The summed E-state index contributed by atoms with van der Waals surface area (Å²) >= 11 is 1.79. The zero-order valence-electron chi connectivity index (χ0n) is 9.35. The van der Waals surface area contributed by atoms with Crippen LogP contribution in [-0.2, 0) is 0 Å². The minimum Gasteiger partial charge on any atom is -0.339 e. The van der Waals surface area contributed by atoms with E-state index in [1.807, 2.05) is 6.92 Å². The summed E-state index contributed by atoms with van der Waals surface area (Å²) in [6.07, 6.45) is 0. The van der Waals surface area contributed by atoms with Crippen LogP contribution in [0, 0.1) is 13.8 Å². The molecule has 3 nitrogen and oxygen atoms in total. The number of nitrogens with one attached hydrogen (secondary N) is 2. The van der Waals surface area contributed by atoms with Crippen LogP contribution >= 0.6 is 11.8 Å². The number of nitrogens with zero attached hydrogens (tertiary/aromatic N) is 1. The highest BCUT2D eigenvalue weighted by Crippen LogP contribution is 2.08. The highest BCUT2D eigenvalue weighted by Gasteiger charge is 2.09. The molecular weight excluding hydrogens is 194 g/mol. The molecule has 0 aliphatic rings. The number of rotatable bonds is 4. The zero-order valence-corrected chi connectivity index (χ0v) is 10.2. The van der Waals surface area contributed by atoms with Crippen molar-refractivity contribution in [2.75, 3.05) is 26.4 Å². The van der Waals surface area contributed by atoms with Crippen molar-refractivity contribution in [2.45, 2.75) is 19.0 Å². The van der Waals surface area contributed by atoms with E-state index in [9.17, 15) is 0 Å². The lowest BCUT2D eigenvalue weighted by Crippen LogP contribution is -3.06. The summed E-state index contributed by atoms with van der Waals surface area (Å²) in [5, 5.41) is 1.03. The SMILES string of the molecule is Cc1cc(C)[nH+]c(SCC[NH+](C)C)n1. The van der Waals surface area contributed by atoms with Gasteiger partial charge in [-0.25, -0.2) is 4.98 Å². The minimum atomic E-state index is 1.03. The van der Waals surface area contributed by atoms with Gasteiger partial charge in [-0.15, -0.1) is 0 Å². The summed E-state index contributed by atoms with van der Waals surface area (Å²) in [6.45, 7) is 5.26. The molecule has 14 heavy (non-hydrogen) atoms. The summed E-state index contributed by atoms with van der Waals surface area (Å²) in [5.41, 5.74) is 2.26. The summed E-state index contributed by atoms with van der Waals surface area (Å²) in [5.74, 6) is 1.11. The molecule has 78 valence electrons. The van der Waals surface area contributed by atoms with Gasteiger partial charge < -0.3 is 4.90 Å². The number of aromatic nitrogens is 2. The van der Waals surface area contributed by atoms with Gasteiger partial charge in [0.05, 0.1) is 26.4 Å². The molecule has 0 amide bonds. The fourth-order valence-corrected chi connectivity index (χ4v) is 2.30. The van der Waals surface area contributed by atoms with Crippen molar-refractivity contribution < 1.29 is 9.88 Å². The Morgan fingerprint density at radius 2 is 2.14 bits per heavy atom. The molecule has 0 bridgehead atoms. The highest BCUT2D eigenvalue weighted by molar-refractivity contribution is 7.99. The fourth-order valence-electron chi connectivity index (χ4n) is 1.16. The molecule has 0 spiro atoms. The van der Waals surface area contributed by atoms with Crippen molar-refractivity contribution in [1.29, 1.82) is 0 Å². The molecule has 1 aromatic heterocycles. The Kier molecular flexibility index (Phi) is 4.35. The van der Waals surface area contributed by atoms with E-state index in [1.54, 1.807) is 11.8 Å². The van der Waals surface area contributed by atoms with Crippen LogP contribution in [0.15, 0.2) is 11.2 Å². The first-order valence-corrected chi connectivity index (χ1v) is 5.86. The maximum absolute atomic E-state index is 4.43. The molecule has 0 aliphatic carbocycles. The largest absolute Gasteiger partial charge is 0.357 e. The van der Waals surface area contributed by atoms with Gasteiger partial charge in [-0.05, 0) is 23.7 Å². The number of H-pyrrole nitrogens is 1. The lowest BCUT2D eigenvalue weighted by molar-refractivity contribution is -0.855. The van der Waals surface area contributed by atoms with Crippen molar-refractivity contribution in [1.82, 2.24) is 4.98 Å². The minimum absolute atomic E-state index is 1.03. The van der Waals surface area contributed by atoms with E-state index in [2.05, 4.69) is 37.1 Å². The second-order valence-corrected chi connectivity index (χ2v) is 4.90. The van der Waals surface area contributed by atoms with Crippen molar-refractivity contribution in [3.63, 3.8) is 0 Å². The molecule has 0 aliphatic heterocycles. The van der Waals surface area contributed by atoms with Crippen LogP contribution in [0.5, 0.6) is 0 Å². The Morgan fingerprint density at radius 1 is 1.43 bits per heavy atom. The highest BCUT2D eigenvalue weighted by atomic mass is 32.2. The number of hydrogen-bond acceptors (Lipinski definition) is 2. The molecule has 4 heteroatoms. The van der Waals surface area contributed by atoms with Gasteiger partial charge in [-0.1, -0.05) is 0 Å². The first kappa shape index (κ1) is 11.5. The lowest BCUT2D eigenvalue weighted by atomic mass is 10.4. The van der Waals surface area contributed by atoms with Gasteiger partial charge in [0.1, 0.15) is 5.69 Å². The molecule has 1 heterocycles. The van der Waals surface area contributed by atoms with E-state index >= 15 is 0 Å². The molecule has 0 radical (unpaired) electrons. The van der Waals surface area contributed by atoms with Crippen molar-refractivity contribution in [2.24, 2.45) is 0 Å². The quantitative estimate of drug-likeness (QED) is 0.552. The number of hydrogen-bond donors (Lipinski definition) is 1. The maximum atomic E-state index is 4.43. The van der Waals surface area contributed by atoms with Crippen LogP contribution in [0.2, 0.25) is 0 Å². The van der Waals surface area contributed by atoms with Gasteiger partial charge >= 0.3 is 5.16 Å². The van der Waals surface area contributed by atoms with Crippen LogP contribution in [0.3, 0.4) is 0 Å². The standard InChI is InChI=1S/C10H17N3S/c1-8-7-9(2)12-10(11-8)14-6-5-13(3)4/h7H,5-6H2,1-4H3/p+2. The Bertz CT molecular complexity index is 279. The summed E-state index contributed by atoms with van der Waals surface area (Å²) < 4.78 is 0. The molecule has 2 N–H and O–H groups in total. The molecule has 0 fully saturated rings. The molecule has 0 saturated carbocycles. The first-order chi connectivity index (χ1) is 6.58. The third-order valence-corrected chi connectivity index (χ3v) is 2.72. The number of quaternary nitrogens is 1. The number of aromatic amines is 1. The predicted molar refractivity (Wildman–Crippen MR) is 58.7 cm³/mol. The van der Waals surface area contributed by atoms with E-state index in [4.69, 9.17) is 0 Å². The van der Waals surface area contributed by atoms with Gasteiger partial charge in [0.25, 0.3) is 0 Å². The van der Waals surface area contributed by atoms with Gasteiger partial charge in [0.2, 0.25) is 0 Å². The first-order valence-electron chi connectivity index (χ1n) is 4.87. The summed E-state index contributed by atoms with van der Waals surface area (Å²) in [4.78, 5) is 9.17. The molecular formula is C10H19N3S+2. The van der Waals surface area contributed by atoms with E-state index in [0.29, 0.717) is 0 Å². The Balaban J connectivity index is 2.50. The van der Waals surface area contributed by atoms with Crippen molar-refractivity contribution in [3.05, 3.63) is 17.5 Å². The van der Waals surface area contributed by atoms with Crippen LogP contribution in [0.25, 0.3) is 0 Å². The number of thioether (sulfide) groups is 1. The Hall–Kier alpha value is -0.610. The molecule has 0 saturated heterocycles. The average Bonchev–Trinajstić information content (AvgIpc) is 2.01. The second-order valence-electron chi connectivity index (χ2n) is 3.82. The fraction of sp³-hybridized carbons (Fsp3) is 0.600. The van der Waals surface area contributed by atoms with Gasteiger partial charge in [-0.2, -0.15) is 0 Å². The van der Waals surface area contributed by atoms with Crippen molar-refractivity contribution >= 4 is 11.8 Å². The van der Waals surface area contributed by atoms with E-state index in [-0.39, 0.29) is 0 Å². The second kappa shape index (κ2) is 5.32. The molecule has 0 aromatic carbocycles. The maximum Gasteiger partial charge on any atom is 0.357 e. The summed E-state index contributed by atoms with van der Waals surface area (Å²) in [6, 6.07) is 2.06. The monoisotopic (exact) mass is 213 g/mol. The molecule has 0 atom stereocenters. The molecule has 1 rings (SSSR count). The predicted octanol–water partition coefficient (Wildman–Crippen LogP) is -0.251. The van der Waals surface area contributed by atoms with Gasteiger partial charge in [0.15, 0.2) is 5.69 Å². The van der Waals surface area contributed by atoms with Gasteiger partial charge in [-0.3, -0.25) is 0 Å². The Morgan fingerprint density at radius 3 is 2.71 bits per heavy atom. The lowest BCUT2D eigenvalue weighted by Gasteiger charge is -2.03. The normalized spacial score (nSPS) is 10.9. The van der Waals surface area contributed by atoms with Crippen LogP contribution in [-0.4, -0.2) is 31.4 Å². The van der Waals surface area contributed by atoms with Crippen LogP contribution < -0.4 is 9.88 Å². The summed E-state index contributed by atoms with van der Waals surface area (Å²) in [7, 11) is 4.33. The zero-order chi connectivity index (χ0) is 10.6. The van der Waals surface area contributed by atoms with E-state index in [1.165, 1.54) is 10.6 Å². The molecule has 1 aromatic rings. The van der Waals surface area contributed by atoms with E-state index in [0.717, 1.165) is 23.1 Å². The Labute approximate surface area is 89.9 Å². The third-order valence-electron chi connectivity index (χ3n) is 1.85. The van der Waals surface area contributed by atoms with Crippen LogP contribution in [0.4, 0.5) is 0 Å². The van der Waals surface area contributed by atoms with Crippen LogP contribution in [0.1, 0.15) is 11.4 Å². The molecule has 0 unspecified atom stereocenters. The topological polar surface area (TPSA) is 31.5 Å². The van der Waals surface area contributed by atoms with Crippen molar-refractivity contribution in [3.8, 4) is 0 Å². The smallest absolute Gasteiger partial charge is 0.339 e. The van der Waals surface area contributed by atoms with E-state index < -0.39 is 0 Å².